The van der Waals surface area contributed by atoms with Crippen LogP contribution in [0.2, 0.25) is 0 Å². The van der Waals surface area contributed by atoms with Gasteiger partial charge in [-0.3, -0.25) is 9.59 Å². The Bertz CT molecular complexity index is 506. The van der Waals surface area contributed by atoms with Gasteiger partial charge in [-0.05, 0) is 18.5 Å². The fourth-order valence-corrected chi connectivity index (χ4v) is 2.69. The van der Waals surface area contributed by atoms with E-state index in [0.717, 1.165) is 5.56 Å². The van der Waals surface area contributed by atoms with Gasteiger partial charge in [0, 0.05) is 13.0 Å². The van der Waals surface area contributed by atoms with Gasteiger partial charge < -0.3 is 20.8 Å². The van der Waals surface area contributed by atoms with Crippen molar-refractivity contribution in [3.63, 3.8) is 0 Å². The first-order chi connectivity index (χ1) is 10.0. The lowest BCUT2D eigenvalue weighted by Crippen LogP contribution is -2.61. The molecule has 114 valence electrons. The number of hydrogen-bond donors (Lipinski definition) is 4. The number of benzene rings is 1. The Kier molecular flexibility index (Phi) is 4.93. The maximum atomic E-state index is 12.0. The van der Waals surface area contributed by atoms with E-state index in [1.165, 1.54) is 0 Å². The Balaban J connectivity index is 2.20. The molecule has 21 heavy (non-hydrogen) atoms. The number of aliphatic hydroxyl groups is 1. The zero-order valence-corrected chi connectivity index (χ0v) is 11.7. The number of carbonyl (C=O) groups is 2. The summed E-state index contributed by atoms with van der Waals surface area (Å²) in [7, 11) is 0. The summed E-state index contributed by atoms with van der Waals surface area (Å²) in [6.07, 6.45) is -0.519. The molecule has 2 atom stereocenters. The molecular formula is C15H20N2O4. The molecule has 1 aliphatic rings. The smallest absolute Gasteiger partial charge is 0.303 e. The molecule has 6 nitrogen and oxygen atoms in total. The highest BCUT2D eigenvalue weighted by molar-refractivity contribution is 5.81. The molecule has 0 bridgehead atoms. The molecule has 6 heteroatoms. The second kappa shape index (κ2) is 6.69. The van der Waals surface area contributed by atoms with E-state index in [2.05, 4.69) is 10.6 Å². The summed E-state index contributed by atoms with van der Waals surface area (Å²) in [5.41, 5.74) is -0.0232. The van der Waals surface area contributed by atoms with Crippen LogP contribution in [0.4, 0.5) is 0 Å². The number of aliphatic carboxylic acids is 1. The van der Waals surface area contributed by atoms with E-state index in [9.17, 15) is 14.7 Å². The summed E-state index contributed by atoms with van der Waals surface area (Å²) < 4.78 is 0. The Morgan fingerprint density at radius 3 is 2.62 bits per heavy atom. The molecular weight excluding hydrogens is 272 g/mol. The molecule has 0 spiro atoms. The summed E-state index contributed by atoms with van der Waals surface area (Å²) in [6, 6.07) is 9.32. The van der Waals surface area contributed by atoms with Crippen molar-refractivity contribution in [2.45, 2.75) is 30.9 Å². The first-order valence-corrected chi connectivity index (χ1v) is 7.02. The number of β-amino-alcohol motifs (C(OH)–C–C–N with tert-alkyl or cyclic N) is 1. The number of hydrogen-bond acceptors (Lipinski definition) is 4. The number of aliphatic hydroxyl groups excluding tert-OH is 1. The van der Waals surface area contributed by atoms with Gasteiger partial charge in [-0.1, -0.05) is 30.3 Å². The van der Waals surface area contributed by atoms with Crippen LogP contribution in [0.15, 0.2) is 30.3 Å². The maximum absolute atomic E-state index is 12.0. The highest BCUT2D eigenvalue weighted by Crippen LogP contribution is 2.31. The fourth-order valence-electron chi connectivity index (χ4n) is 2.69. The monoisotopic (exact) mass is 292 g/mol. The lowest BCUT2D eigenvalue weighted by Gasteiger charge is -2.43. The number of piperidine rings is 1. The SMILES string of the molecule is O=C(O)CCC(=O)N[C@]1(c2ccccc2)CCNC[C@H]1O. The quantitative estimate of drug-likeness (QED) is 0.622. The summed E-state index contributed by atoms with van der Waals surface area (Å²) in [5, 5.41) is 25.0. The van der Waals surface area contributed by atoms with Crippen molar-refractivity contribution in [1.29, 1.82) is 0 Å². The normalized spacial score (nSPS) is 25.3. The summed E-state index contributed by atoms with van der Waals surface area (Å²) >= 11 is 0. The molecule has 0 aliphatic carbocycles. The van der Waals surface area contributed by atoms with Crippen LogP contribution in [0.25, 0.3) is 0 Å². The molecule has 1 aromatic carbocycles. The summed E-state index contributed by atoms with van der Waals surface area (Å²) in [5.74, 6) is -1.37. The highest BCUT2D eigenvalue weighted by Gasteiger charge is 2.42. The Labute approximate surface area is 123 Å². The van der Waals surface area contributed by atoms with E-state index in [1.807, 2.05) is 30.3 Å². The molecule has 1 aromatic rings. The number of amides is 1. The van der Waals surface area contributed by atoms with Crippen LogP contribution in [-0.2, 0) is 15.1 Å². The van der Waals surface area contributed by atoms with Crippen LogP contribution in [-0.4, -0.2) is 41.3 Å². The van der Waals surface area contributed by atoms with Gasteiger partial charge >= 0.3 is 5.97 Å². The number of carboxylic acids is 1. The average molecular weight is 292 g/mol. The molecule has 1 fully saturated rings. The first kappa shape index (κ1) is 15.5. The topological polar surface area (TPSA) is 98.7 Å². The highest BCUT2D eigenvalue weighted by atomic mass is 16.4. The van der Waals surface area contributed by atoms with E-state index in [0.29, 0.717) is 19.5 Å². The second-order valence-corrected chi connectivity index (χ2v) is 5.25. The predicted octanol–water partition coefficient (Wildman–Crippen LogP) is 0.217. The van der Waals surface area contributed by atoms with E-state index in [1.54, 1.807) is 0 Å². The van der Waals surface area contributed by atoms with Gasteiger partial charge in [-0.2, -0.15) is 0 Å². The molecule has 0 aromatic heterocycles. The zero-order chi connectivity index (χ0) is 15.3. The minimum Gasteiger partial charge on any atom is -0.481 e. The molecule has 1 amide bonds. The Morgan fingerprint density at radius 1 is 1.29 bits per heavy atom. The van der Waals surface area contributed by atoms with E-state index in [4.69, 9.17) is 5.11 Å². The van der Waals surface area contributed by atoms with Crippen molar-refractivity contribution in [2.24, 2.45) is 0 Å². The molecule has 1 aliphatic heterocycles. The first-order valence-electron chi connectivity index (χ1n) is 7.02. The molecule has 4 N–H and O–H groups in total. The van der Waals surface area contributed by atoms with E-state index in [-0.39, 0.29) is 18.7 Å². The molecule has 0 radical (unpaired) electrons. The third kappa shape index (κ3) is 3.59. The van der Waals surface area contributed by atoms with Crippen LogP contribution >= 0.6 is 0 Å². The number of rotatable bonds is 5. The van der Waals surface area contributed by atoms with Crippen molar-refractivity contribution < 1.29 is 19.8 Å². The zero-order valence-electron chi connectivity index (χ0n) is 11.7. The molecule has 1 heterocycles. The van der Waals surface area contributed by atoms with Crippen LogP contribution < -0.4 is 10.6 Å². The minimum absolute atomic E-state index is 0.0932. The number of carboxylic acid groups (broad SMARTS) is 1. The van der Waals surface area contributed by atoms with E-state index >= 15 is 0 Å². The second-order valence-electron chi connectivity index (χ2n) is 5.25. The molecule has 0 unspecified atom stereocenters. The third-order valence-electron chi connectivity index (χ3n) is 3.82. The standard InChI is InChI=1S/C15H20N2O4/c18-12-10-16-9-8-15(12,11-4-2-1-3-5-11)17-13(19)6-7-14(20)21/h1-5,12,16,18H,6-10H2,(H,17,19)(H,20,21)/t12-,15+/m1/s1. The minimum atomic E-state index is -1.01. The van der Waals surface area contributed by atoms with Gasteiger partial charge in [0.05, 0.1) is 18.1 Å². The number of nitrogens with one attached hydrogen (secondary N) is 2. The fraction of sp³-hybridized carbons (Fsp3) is 0.467. The van der Waals surface area contributed by atoms with Gasteiger partial charge in [0.25, 0.3) is 0 Å². The lowest BCUT2D eigenvalue weighted by atomic mass is 9.79. The predicted molar refractivity (Wildman–Crippen MR) is 76.6 cm³/mol. The van der Waals surface area contributed by atoms with Crippen molar-refractivity contribution >= 4 is 11.9 Å². The van der Waals surface area contributed by atoms with Gasteiger partial charge in [-0.15, -0.1) is 0 Å². The van der Waals surface area contributed by atoms with E-state index < -0.39 is 17.6 Å². The van der Waals surface area contributed by atoms with Crippen LogP contribution in [0.5, 0.6) is 0 Å². The number of carbonyl (C=O) groups excluding carboxylic acids is 1. The lowest BCUT2D eigenvalue weighted by molar-refractivity contribution is -0.139. The third-order valence-corrected chi connectivity index (χ3v) is 3.82. The summed E-state index contributed by atoms with van der Waals surface area (Å²) in [4.78, 5) is 22.6. The van der Waals surface area contributed by atoms with Crippen molar-refractivity contribution in [2.75, 3.05) is 13.1 Å². The Hall–Kier alpha value is -1.92. The largest absolute Gasteiger partial charge is 0.481 e. The van der Waals surface area contributed by atoms with Gasteiger partial charge in [-0.25, -0.2) is 0 Å². The van der Waals surface area contributed by atoms with Crippen LogP contribution in [0, 0.1) is 0 Å². The molecule has 0 saturated carbocycles. The van der Waals surface area contributed by atoms with Crippen molar-refractivity contribution in [1.82, 2.24) is 10.6 Å². The maximum Gasteiger partial charge on any atom is 0.303 e. The average Bonchev–Trinajstić information content (AvgIpc) is 2.48. The summed E-state index contributed by atoms with van der Waals surface area (Å²) in [6.45, 7) is 1.05. The van der Waals surface area contributed by atoms with Crippen molar-refractivity contribution in [3.8, 4) is 0 Å². The van der Waals surface area contributed by atoms with Crippen LogP contribution in [0.1, 0.15) is 24.8 Å². The van der Waals surface area contributed by atoms with Crippen molar-refractivity contribution in [3.05, 3.63) is 35.9 Å². The molecule has 2 rings (SSSR count). The van der Waals surface area contributed by atoms with Gasteiger partial charge in [0.2, 0.25) is 5.91 Å². The Morgan fingerprint density at radius 2 is 2.00 bits per heavy atom. The van der Waals surface area contributed by atoms with Crippen LogP contribution in [0.3, 0.4) is 0 Å². The molecule has 1 saturated heterocycles. The van der Waals surface area contributed by atoms with Gasteiger partial charge in [0.1, 0.15) is 0 Å². The van der Waals surface area contributed by atoms with Gasteiger partial charge in [0.15, 0.2) is 0 Å².